The average Bonchev–Trinajstić information content (AvgIpc) is 2.68. The number of nitrogens with one attached hydrogen (secondary N) is 1. The maximum Gasteiger partial charge on any atom is 0.339 e. The molecule has 1 heterocycles. The molecule has 0 aromatic carbocycles. The minimum absolute atomic E-state index is 0.0700. The molecule has 0 unspecified atom stereocenters. The molecule has 0 atom stereocenters. The van der Waals surface area contributed by atoms with Crippen LogP contribution in [-0.2, 0) is 11.3 Å². The van der Waals surface area contributed by atoms with E-state index in [9.17, 15) is 9.59 Å². The van der Waals surface area contributed by atoms with Crippen molar-refractivity contribution in [3.8, 4) is 0 Å². The SMILES string of the molecule is CCCSCC(=O)NCc1cc(C(=O)O)c(C)o1. The van der Waals surface area contributed by atoms with Crippen LogP contribution >= 0.6 is 11.8 Å². The van der Waals surface area contributed by atoms with E-state index in [0.717, 1.165) is 12.2 Å². The van der Waals surface area contributed by atoms with Gasteiger partial charge in [0, 0.05) is 0 Å². The van der Waals surface area contributed by atoms with Crippen molar-refractivity contribution in [2.24, 2.45) is 0 Å². The second-order valence-corrected chi connectivity index (χ2v) is 4.92. The number of thioether (sulfide) groups is 1. The zero-order valence-corrected chi connectivity index (χ0v) is 11.3. The Balaban J connectivity index is 2.41. The summed E-state index contributed by atoms with van der Waals surface area (Å²) < 4.78 is 5.25. The first kappa shape index (κ1) is 14.6. The summed E-state index contributed by atoms with van der Waals surface area (Å²) in [5.74, 6) is 1.09. The van der Waals surface area contributed by atoms with Crippen LogP contribution in [0.15, 0.2) is 10.5 Å². The molecule has 0 fully saturated rings. The molecular formula is C12H17NO4S. The fourth-order valence-corrected chi connectivity index (χ4v) is 2.11. The predicted octanol–water partition coefficient (Wildman–Crippen LogP) is 2.05. The molecule has 100 valence electrons. The number of amides is 1. The summed E-state index contributed by atoms with van der Waals surface area (Å²) in [5, 5.41) is 11.5. The van der Waals surface area contributed by atoms with E-state index in [-0.39, 0.29) is 18.0 Å². The largest absolute Gasteiger partial charge is 0.478 e. The van der Waals surface area contributed by atoms with Crippen LogP contribution in [-0.4, -0.2) is 28.5 Å². The molecule has 0 saturated heterocycles. The third kappa shape index (κ3) is 4.44. The van der Waals surface area contributed by atoms with Gasteiger partial charge in [0.25, 0.3) is 0 Å². The lowest BCUT2D eigenvalue weighted by Crippen LogP contribution is -2.24. The normalized spacial score (nSPS) is 10.3. The molecule has 0 spiro atoms. The molecule has 1 amide bonds. The Bertz CT molecular complexity index is 428. The summed E-state index contributed by atoms with van der Waals surface area (Å²) in [4.78, 5) is 22.2. The van der Waals surface area contributed by atoms with Gasteiger partial charge < -0.3 is 14.8 Å². The molecule has 1 aromatic rings. The van der Waals surface area contributed by atoms with Gasteiger partial charge in [-0.05, 0) is 25.2 Å². The van der Waals surface area contributed by atoms with Crippen LogP contribution in [0.1, 0.15) is 35.2 Å². The Kier molecular flexibility index (Phi) is 5.77. The Morgan fingerprint density at radius 2 is 2.22 bits per heavy atom. The van der Waals surface area contributed by atoms with Gasteiger partial charge in [-0.25, -0.2) is 4.79 Å². The van der Waals surface area contributed by atoms with Crippen molar-refractivity contribution in [3.63, 3.8) is 0 Å². The summed E-state index contributed by atoms with van der Waals surface area (Å²) in [6, 6.07) is 1.44. The van der Waals surface area contributed by atoms with Crippen LogP contribution < -0.4 is 5.32 Å². The Hall–Kier alpha value is -1.43. The second-order valence-electron chi connectivity index (χ2n) is 3.82. The number of aryl methyl sites for hydroxylation is 1. The Labute approximate surface area is 110 Å². The van der Waals surface area contributed by atoms with Crippen LogP contribution in [0.4, 0.5) is 0 Å². The summed E-state index contributed by atoms with van der Waals surface area (Å²) in [6.07, 6.45) is 1.04. The van der Waals surface area contributed by atoms with Crippen molar-refractivity contribution in [2.75, 3.05) is 11.5 Å². The van der Waals surface area contributed by atoms with Gasteiger partial charge in [0.05, 0.1) is 12.3 Å². The monoisotopic (exact) mass is 271 g/mol. The van der Waals surface area contributed by atoms with Gasteiger partial charge >= 0.3 is 5.97 Å². The lowest BCUT2D eigenvalue weighted by molar-refractivity contribution is -0.118. The molecule has 6 heteroatoms. The van der Waals surface area contributed by atoms with Crippen LogP contribution in [0.5, 0.6) is 0 Å². The highest BCUT2D eigenvalue weighted by molar-refractivity contribution is 7.99. The number of carbonyl (C=O) groups is 2. The summed E-state index contributed by atoms with van der Waals surface area (Å²) in [6.45, 7) is 3.87. The maximum atomic E-state index is 11.4. The first-order valence-corrected chi connectivity index (χ1v) is 6.87. The number of aromatic carboxylic acids is 1. The molecular weight excluding hydrogens is 254 g/mol. The van der Waals surface area contributed by atoms with Crippen LogP contribution in [0, 0.1) is 6.92 Å². The highest BCUT2D eigenvalue weighted by atomic mass is 32.2. The molecule has 0 saturated carbocycles. The molecule has 5 nitrogen and oxygen atoms in total. The van der Waals surface area contributed by atoms with Gasteiger partial charge in [-0.15, -0.1) is 0 Å². The molecule has 0 aliphatic rings. The van der Waals surface area contributed by atoms with Gasteiger partial charge in [-0.1, -0.05) is 6.92 Å². The van der Waals surface area contributed by atoms with E-state index >= 15 is 0 Å². The minimum Gasteiger partial charge on any atom is -0.478 e. The molecule has 0 bridgehead atoms. The highest BCUT2D eigenvalue weighted by Crippen LogP contribution is 2.14. The van der Waals surface area contributed by atoms with E-state index in [2.05, 4.69) is 12.2 Å². The standard InChI is InChI=1S/C12H17NO4S/c1-3-4-18-7-11(14)13-6-9-5-10(12(15)16)8(2)17-9/h5H,3-4,6-7H2,1-2H3,(H,13,14)(H,15,16). The van der Waals surface area contributed by atoms with Crippen molar-refractivity contribution in [3.05, 3.63) is 23.2 Å². The van der Waals surface area contributed by atoms with Crippen LogP contribution in [0.25, 0.3) is 0 Å². The first-order chi connectivity index (χ1) is 8.54. The number of furan rings is 1. The van der Waals surface area contributed by atoms with E-state index < -0.39 is 5.97 Å². The van der Waals surface area contributed by atoms with E-state index in [1.165, 1.54) is 6.07 Å². The quantitative estimate of drug-likeness (QED) is 0.742. The number of hydrogen-bond acceptors (Lipinski definition) is 4. The Morgan fingerprint density at radius 1 is 1.50 bits per heavy atom. The first-order valence-electron chi connectivity index (χ1n) is 5.71. The number of hydrogen-bond donors (Lipinski definition) is 2. The molecule has 0 radical (unpaired) electrons. The second kappa shape index (κ2) is 7.10. The summed E-state index contributed by atoms with van der Waals surface area (Å²) >= 11 is 1.57. The van der Waals surface area contributed by atoms with Crippen molar-refractivity contribution in [2.45, 2.75) is 26.8 Å². The van der Waals surface area contributed by atoms with Crippen LogP contribution in [0.2, 0.25) is 0 Å². The van der Waals surface area contributed by atoms with Gasteiger partial charge in [-0.2, -0.15) is 11.8 Å². The van der Waals surface area contributed by atoms with E-state index in [1.807, 2.05) is 0 Å². The molecule has 2 N–H and O–H groups in total. The smallest absolute Gasteiger partial charge is 0.339 e. The molecule has 18 heavy (non-hydrogen) atoms. The van der Waals surface area contributed by atoms with E-state index in [1.54, 1.807) is 18.7 Å². The molecule has 0 aliphatic carbocycles. The van der Waals surface area contributed by atoms with Crippen molar-refractivity contribution in [1.29, 1.82) is 0 Å². The molecule has 1 aromatic heterocycles. The predicted molar refractivity (Wildman–Crippen MR) is 69.9 cm³/mol. The Morgan fingerprint density at radius 3 is 2.78 bits per heavy atom. The topological polar surface area (TPSA) is 79.5 Å². The molecule has 1 rings (SSSR count). The van der Waals surface area contributed by atoms with Gasteiger partial charge in [0.2, 0.25) is 5.91 Å². The number of carbonyl (C=O) groups excluding carboxylic acids is 1. The van der Waals surface area contributed by atoms with Gasteiger partial charge in [-0.3, -0.25) is 4.79 Å². The van der Waals surface area contributed by atoms with Gasteiger partial charge in [0.15, 0.2) is 0 Å². The van der Waals surface area contributed by atoms with Crippen molar-refractivity contribution < 1.29 is 19.1 Å². The fraction of sp³-hybridized carbons (Fsp3) is 0.500. The lowest BCUT2D eigenvalue weighted by Gasteiger charge is -2.02. The van der Waals surface area contributed by atoms with Gasteiger partial charge in [0.1, 0.15) is 17.1 Å². The average molecular weight is 271 g/mol. The molecule has 0 aliphatic heterocycles. The van der Waals surface area contributed by atoms with E-state index in [4.69, 9.17) is 9.52 Å². The lowest BCUT2D eigenvalue weighted by atomic mass is 10.2. The maximum absolute atomic E-state index is 11.4. The minimum atomic E-state index is -1.02. The third-order valence-electron chi connectivity index (χ3n) is 2.24. The summed E-state index contributed by atoms with van der Waals surface area (Å²) in [5.41, 5.74) is 0.139. The zero-order valence-electron chi connectivity index (χ0n) is 10.5. The van der Waals surface area contributed by atoms with Crippen LogP contribution in [0.3, 0.4) is 0 Å². The summed E-state index contributed by atoms with van der Waals surface area (Å²) in [7, 11) is 0. The third-order valence-corrected chi connectivity index (χ3v) is 3.40. The highest BCUT2D eigenvalue weighted by Gasteiger charge is 2.13. The van der Waals surface area contributed by atoms with E-state index in [0.29, 0.717) is 17.3 Å². The number of carboxylic acids is 1. The number of rotatable bonds is 7. The fourth-order valence-electron chi connectivity index (χ4n) is 1.39. The number of carboxylic acid groups (broad SMARTS) is 1. The van der Waals surface area contributed by atoms with Crippen molar-refractivity contribution >= 4 is 23.6 Å². The zero-order chi connectivity index (χ0) is 13.5. The van der Waals surface area contributed by atoms with Crippen molar-refractivity contribution in [1.82, 2.24) is 5.32 Å².